The highest BCUT2D eigenvalue weighted by molar-refractivity contribution is 6.11. The minimum Gasteiger partial charge on any atom is -0.394 e. The molecule has 0 unspecified atom stereocenters. The first-order chi connectivity index (χ1) is 4.74. The van der Waals surface area contributed by atoms with Gasteiger partial charge in [-0.15, -0.1) is 0 Å². The minimum atomic E-state index is -0.567. The van der Waals surface area contributed by atoms with Gasteiger partial charge in [0.25, 0.3) is 0 Å². The number of ether oxygens (including phenoxy) is 1. The summed E-state index contributed by atoms with van der Waals surface area (Å²) in [6.45, 7) is -0.543. The lowest BCUT2D eigenvalue weighted by Gasteiger charge is -2.16. The molecule has 0 aromatic rings. The van der Waals surface area contributed by atoms with E-state index in [1.54, 1.807) is 7.85 Å². The fraction of sp³-hybridized carbons (Fsp3) is 1.00. The molecular formula is C5H13BO4. The lowest BCUT2D eigenvalue weighted by Crippen LogP contribution is -2.30. The Hall–Kier alpha value is -0.0951. The molecule has 0 aliphatic rings. The molecule has 0 amide bonds. The zero-order valence-electron chi connectivity index (χ0n) is 6.03. The van der Waals surface area contributed by atoms with Crippen molar-refractivity contribution < 1.29 is 20.1 Å². The molecule has 5 heteroatoms. The minimum absolute atomic E-state index is 0.101. The Balaban J connectivity index is 3.41. The van der Waals surface area contributed by atoms with Crippen LogP contribution in [-0.2, 0) is 4.74 Å². The highest BCUT2D eigenvalue weighted by atomic mass is 16.5. The van der Waals surface area contributed by atoms with E-state index >= 15 is 0 Å². The van der Waals surface area contributed by atoms with Gasteiger partial charge in [-0.25, -0.2) is 0 Å². The summed E-state index contributed by atoms with van der Waals surface area (Å²) in [5, 5.41) is 25.5. The smallest absolute Gasteiger partial charge is 0.142 e. The molecule has 0 rings (SSSR count). The number of aliphatic hydroxyl groups excluding tert-OH is 3. The van der Waals surface area contributed by atoms with E-state index in [0.717, 1.165) is 0 Å². The Morgan fingerprint density at radius 3 is 1.90 bits per heavy atom. The van der Waals surface area contributed by atoms with Crippen LogP contribution in [0.2, 0.25) is 0 Å². The van der Waals surface area contributed by atoms with E-state index in [1.807, 2.05) is 0 Å². The standard InChI is InChI=1S/C5H13BO4/c6-5(3-9)10-4(1-7)2-8/h4-5,7-9H,1-3,6H2/t5-/m1/s1. The fourth-order valence-electron chi connectivity index (χ4n) is 0.515. The van der Waals surface area contributed by atoms with Crippen molar-refractivity contribution >= 4 is 7.85 Å². The van der Waals surface area contributed by atoms with Gasteiger partial charge in [-0.1, -0.05) is 0 Å². The first-order valence-corrected chi connectivity index (χ1v) is 3.22. The van der Waals surface area contributed by atoms with Gasteiger partial charge in [0.05, 0.1) is 19.8 Å². The van der Waals surface area contributed by atoms with Crippen LogP contribution in [0, 0.1) is 0 Å². The summed E-state index contributed by atoms with van der Waals surface area (Å²) in [4.78, 5) is 0. The maximum absolute atomic E-state index is 8.50. The molecule has 0 radical (unpaired) electrons. The van der Waals surface area contributed by atoms with E-state index in [4.69, 9.17) is 20.1 Å². The van der Waals surface area contributed by atoms with Crippen molar-refractivity contribution in [3.63, 3.8) is 0 Å². The summed E-state index contributed by atoms with van der Waals surface area (Å²) >= 11 is 0. The van der Waals surface area contributed by atoms with E-state index in [1.165, 1.54) is 0 Å². The van der Waals surface area contributed by atoms with Crippen LogP contribution in [-0.4, -0.2) is 55.1 Å². The summed E-state index contributed by atoms with van der Waals surface area (Å²) in [5.74, 6) is 0. The molecule has 0 spiro atoms. The SMILES string of the molecule is B[C@@H](CO)OC(CO)CO. The molecular weight excluding hydrogens is 135 g/mol. The van der Waals surface area contributed by atoms with Crippen LogP contribution in [0.5, 0.6) is 0 Å². The molecule has 0 aliphatic carbocycles. The predicted octanol–water partition coefficient (Wildman–Crippen LogP) is -2.69. The molecule has 0 fully saturated rings. The van der Waals surface area contributed by atoms with Crippen molar-refractivity contribution in [3.05, 3.63) is 0 Å². The topological polar surface area (TPSA) is 69.9 Å². The Morgan fingerprint density at radius 1 is 1.10 bits per heavy atom. The van der Waals surface area contributed by atoms with Crippen LogP contribution in [0.25, 0.3) is 0 Å². The van der Waals surface area contributed by atoms with E-state index in [0.29, 0.717) is 0 Å². The highest BCUT2D eigenvalue weighted by Crippen LogP contribution is 1.93. The third kappa shape index (κ3) is 3.84. The zero-order valence-corrected chi connectivity index (χ0v) is 6.03. The summed E-state index contributed by atoms with van der Waals surface area (Å²) in [5.41, 5.74) is 0. The Labute approximate surface area is 60.8 Å². The van der Waals surface area contributed by atoms with Crippen molar-refractivity contribution in [3.8, 4) is 0 Å². The number of rotatable bonds is 5. The van der Waals surface area contributed by atoms with Gasteiger partial charge in [0, 0.05) is 6.00 Å². The molecule has 0 aromatic carbocycles. The van der Waals surface area contributed by atoms with Crippen molar-refractivity contribution in [2.24, 2.45) is 0 Å². The summed E-state index contributed by atoms with van der Waals surface area (Å²) in [7, 11) is 1.66. The van der Waals surface area contributed by atoms with Crippen molar-refractivity contribution in [2.75, 3.05) is 19.8 Å². The second-order valence-electron chi connectivity index (χ2n) is 2.12. The third-order valence-electron chi connectivity index (χ3n) is 1.09. The van der Waals surface area contributed by atoms with E-state index in [9.17, 15) is 0 Å². The van der Waals surface area contributed by atoms with Crippen LogP contribution in [0.3, 0.4) is 0 Å². The second kappa shape index (κ2) is 5.67. The monoisotopic (exact) mass is 148 g/mol. The maximum atomic E-state index is 8.50. The Morgan fingerprint density at radius 2 is 1.60 bits per heavy atom. The van der Waals surface area contributed by atoms with Crippen molar-refractivity contribution in [1.29, 1.82) is 0 Å². The summed E-state index contributed by atoms with van der Waals surface area (Å²) in [6.07, 6.45) is -0.567. The molecule has 4 nitrogen and oxygen atoms in total. The first-order valence-electron chi connectivity index (χ1n) is 3.22. The van der Waals surface area contributed by atoms with Gasteiger partial charge < -0.3 is 20.1 Å². The van der Waals surface area contributed by atoms with Crippen LogP contribution in [0.1, 0.15) is 0 Å². The van der Waals surface area contributed by atoms with Gasteiger partial charge in [-0.05, 0) is 0 Å². The third-order valence-corrected chi connectivity index (χ3v) is 1.09. The van der Waals surface area contributed by atoms with Gasteiger partial charge in [-0.2, -0.15) is 0 Å². The lowest BCUT2D eigenvalue weighted by atomic mass is 10.0. The molecule has 0 saturated carbocycles. The van der Waals surface area contributed by atoms with Crippen LogP contribution < -0.4 is 0 Å². The average molecular weight is 148 g/mol. The quantitative estimate of drug-likeness (QED) is 0.371. The van der Waals surface area contributed by atoms with Crippen molar-refractivity contribution in [2.45, 2.75) is 12.1 Å². The Bertz CT molecular complexity index is 76.0. The normalized spacial score (nSPS) is 14.0. The van der Waals surface area contributed by atoms with E-state index in [2.05, 4.69) is 0 Å². The molecule has 10 heavy (non-hydrogen) atoms. The molecule has 60 valence electrons. The zero-order chi connectivity index (χ0) is 7.98. The number of hydrogen-bond donors (Lipinski definition) is 3. The van der Waals surface area contributed by atoms with Crippen LogP contribution in [0.4, 0.5) is 0 Å². The van der Waals surface area contributed by atoms with E-state index in [-0.39, 0.29) is 25.8 Å². The van der Waals surface area contributed by atoms with Gasteiger partial charge >= 0.3 is 0 Å². The molecule has 0 heterocycles. The fourth-order valence-corrected chi connectivity index (χ4v) is 0.515. The lowest BCUT2D eigenvalue weighted by molar-refractivity contribution is -0.0486. The summed E-state index contributed by atoms with van der Waals surface area (Å²) in [6, 6.07) is -0.329. The molecule has 1 atom stereocenters. The first kappa shape index (κ1) is 9.90. The molecule has 0 bridgehead atoms. The van der Waals surface area contributed by atoms with Crippen LogP contribution >= 0.6 is 0 Å². The van der Waals surface area contributed by atoms with E-state index < -0.39 is 6.10 Å². The van der Waals surface area contributed by atoms with Gasteiger partial charge in [0.2, 0.25) is 0 Å². The molecule has 0 aromatic heterocycles. The van der Waals surface area contributed by atoms with Crippen LogP contribution in [0.15, 0.2) is 0 Å². The van der Waals surface area contributed by atoms with Gasteiger partial charge in [-0.3, -0.25) is 0 Å². The number of hydrogen-bond acceptors (Lipinski definition) is 4. The van der Waals surface area contributed by atoms with Gasteiger partial charge in [0.15, 0.2) is 0 Å². The average Bonchev–Trinajstić information content (AvgIpc) is 1.99. The molecule has 0 saturated heterocycles. The van der Waals surface area contributed by atoms with Crippen molar-refractivity contribution in [1.82, 2.24) is 0 Å². The Kier molecular flexibility index (Phi) is 5.62. The number of aliphatic hydroxyl groups is 3. The predicted molar refractivity (Wildman–Crippen MR) is 38.5 cm³/mol. The highest BCUT2D eigenvalue weighted by Gasteiger charge is 2.09. The molecule has 3 N–H and O–H groups in total. The molecule has 0 aliphatic heterocycles. The largest absolute Gasteiger partial charge is 0.394 e. The second-order valence-corrected chi connectivity index (χ2v) is 2.12. The maximum Gasteiger partial charge on any atom is 0.142 e. The van der Waals surface area contributed by atoms with Gasteiger partial charge in [0.1, 0.15) is 14.0 Å². The summed E-state index contributed by atoms with van der Waals surface area (Å²) < 4.78 is 4.95.